The lowest BCUT2D eigenvalue weighted by Crippen LogP contribution is -2.58. The molecule has 1 atom stereocenters. The normalized spacial score (nSPS) is 17.0. The molecule has 0 aromatic heterocycles. The van der Waals surface area contributed by atoms with Crippen molar-refractivity contribution in [1.29, 1.82) is 0 Å². The summed E-state index contributed by atoms with van der Waals surface area (Å²) in [4.78, 5) is 49.6. The van der Waals surface area contributed by atoms with E-state index < -0.39 is 29.7 Å². The van der Waals surface area contributed by atoms with Crippen molar-refractivity contribution in [3.63, 3.8) is 0 Å². The van der Waals surface area contributed by atoms with Crippen molar-refractivity contribution >= 4 is 35.7 Å². The number of nitrogens with zero attached hydrogens (tertiary/aromatic N) is 2. The summed E-state index contributed by atoms with van der Waals surface area (Å²) >= 11 is 0. The highest BCUT2D eigenvalue weighted by Crippen LogP contribution is 2.20. The lowest BCUT2D eigenvalue weighted by Gasteiger charge is -2.28. The summed E-state index contributed by atoms with van der Waals surface area (Å²) in [6.07, 6.45) is 0.934. The van der Waals surface area contributed by atoms with Crippen molar-refractivity contribution in [2.75, 3.05) is 4.90 Å². The van der Waals surface area contributed by atoms with Crippen LogP contribution in [0.25, 0.3) is 0 Å². The summed E-state index contributed by atoms with van der Waals surface area (Å²) in [5.74, 6) is -4.00. The van der Waals surface area contributed by atoms with Crippen LogP contribution in [0.5, 0.6) is 5.75 Å². The summed E-state index contributed by atoms with van der Waals surface area (Å²) in [7, 11) is 0. The summed E-state index contributed by atoms with van der Waals surface area (Å²) in [5, 5.41) is 15.4. The number of amides is 5. The van der Waals surface area contributed by atoms with Crippen LogP contribution in [0.1, 0.15) is 15.9 Å². The quantitative estimate of drug-likeness (QED) is 0.419. The first-order chi connectivity index (χ1) is 13.4. The van der Waals surface area contributed by atoms with Crippen LogP contribution in [0.15, 0.2) is 53.6 Å². The van der Waals surface area contributed by atoms with Gasteiger partial charge in [0.2, 0.25) is 5.91 Å². The van der Waals surface area contributed by atoms with Crippen LogP contribution in [0.4, 0.5) is 10.5 Å². The fourth-order valence-electron chi connectivity index (χ4n) is 2.56. The summed E-state index contributed by atoms with van der Waals surface area (Å²) in [6, 6.07) is 11.6. The standard InChI is InChI=1S/C19H16N4O5/c1-11-6-8-12(9-7-11)23-18(27)14(16(25)21-19(23)28)10-20-22-17(26)13-4-2-3-5-15(13)24/h2-10,14,24H,1H3,(H,22,26)(H,21,25,28)/b20-10-/t14-/m0/s1. The minimum absolute atomic E-state index is 0.0180. The van der Waals surface area contributed by atoms with E-state index in [0.717, 1.165) is 16.7 Å². The molecule has 0 unspecified atom stereocenters. The minimum Gasteiger partial charge on any atom is -0.507 e. The Morgan fingerprint density at radius 1 is 1.14 bits per heavy atom. The van der Waals surface area contributed by atoms with Gasteiger partial charge < -0.3 is 5.11 Å². The zero-order chi connectivity index (χ0) is 20.3. The Hall–Kier alpha value is -4.01. The van der Waals surface area contributed by atoms with Gasteiger partial charge in [-0.15, -0.1) is 0 Å². The second-order valence-corrected chi connectivity index (χ2v) is 6.02. The summed E-state index contributed by atoms with van der Waals surface area (Å²) in [6.45, 7) is 1.86. The first-order valence-corrected chi connectivity index (χ1v) is 8.25. The predicted octanol–water partition coefficient (Wildman–Crippen LogP) is 1.32. The number of hydrazone groups is 1. The van der Waals surface area contributed by atoms with Gasteiger partial charge in [0.25, 0.3) is 11.8 Å². The Bertz CT molecular complexity index is 984. The van der Waals surface area contributed by atoms with Gasteiger partial charge in [-0.2, -0.15) is 5.10 Å². The summed E-state index contributed by atoms with van der Waals surface area (Å²) in [5.41, 5.74) is 3.36. The van der Waals surface area contributed by atoms with Gasteiger partial charge in [-0.05, 0) is 31.2 Å². The largest absolute Gasteiger partial charge is 0.507 e. The molecule has 1 aliphatic rings. The predicted molar refractivity (Wildman–Crippen MR) is 99.8 cm³/mol. The molecule has 3 rings (SSSR count). The number of aromatic hydroxyl groups is 1. The SMILES string of the molecule is Cc1ccc(N2C(=O)NC(=O)[C@H](/C=N\NC(=O)c3ccccc3O)C2=O)cc1. The van der Waals surface area contributed by atoms with E-state index in [9.17, 15) is 24.3 Å². The third kappa shape index (κ3) is 3.73. The van der Waals surface area contributed by atoms with Crippen molar-refractivity contribution in [3.05, 3.63) is 59.7 Å². The Labute approximate surface area is 159 Å². The van der Waals surface area contributed by atoms with Gasteiger partial charge in [0.15, 0.2) is 5.92 Å². The van der Waals surface area contributed by atoms with Crippen LogP contribution in [-0.4, -0.2) is 35.1 Å². The Morgan fingerprint density at radius 3 is 2.50 bits per heavy atom. The first-order valence-electron chi connectivity index (χ1n) is 8.25. The van der Waals surface area contributed by atoms with Crippen molar-refractivity contribution in [2.24, 2.45) is 11.0 Å². The highest BCUT2D eigenvalue weighted by molar-refractivity contribution is 6.32. The Balaban J connectivity index is 1.76. The van der Waals surface area contributed by atoms with Gasteiger partial charge in [0, 0.05) is 6.21 Å². The minimum atomic E-state index is -1.40. The number of para-hydroxylation sites is 1. The van der Waals surface area contributed by atoms with Gasteiger partial charge in [-0.25, -0.2) is 15.1 Å². The van der Waals surface area contributed by atoms with E-state index >= 15 is 0 Å². The van der Waals surface area contributed by atoms with Crippen LogP contribution < -0.4 is 15.6 Å². The van der Waals surface area contributed by atoms with Crippen LogP contribution in [0, 0.1) is 12.8 Å². The molecule has 2 aromatic carbocycles. The van der Waals surface area contributed by atoms with Gasteiger partial charge >= 0.3 is 6.03 Å². The number of urea groups is 1. The number of hydrogen-bond donors (Lipinski definition) is 3. The maximum atomic E-state index is 12.6. The molecule has 1 saturated heterocycles. The topological polar surface area (TPSA) is 128 Å². The fourth-order valence-corrected chi connectivity index (χ4v) is 2.56. The number of anilines is 1. The molecule has 0 radical (unpaired) electrons. The van der Waals surface area contributed by atoms with Crippen molar-refractivity contribution in [3.8, 4) is 5.75 Å². The van der Waals surface area contributed by atoms with E-state index in [4.69, 9.17) is 0 Å². The number of carbonyl (C=O) groups excluding carboxylic acids is 4. The molecule has 0 saturated carbocycles. The number of nitrogens with one attached hydrogen (secondary N) is 2. The number of phenols is 1. The molecule has 3 N–H and O–H groups in total. The highest BCUT2D eigenvalue weighted by atomic mass is 16.3. The van der Waals surface area contributed by atoms with E-state index in [1.54, 1.807) is 36.4 Å². The van der Waals surface area contributed by atoms with Crippen LogP contribution in [0.3, 0.4) is 0 Å². The van der Waals surface area contributed by atoms with Gasteiger partial charge in [-0.3, -0.25) is 19.7 Å². The molecular formula is C19H16N4O5. The monoisotopic (exact) mass is 380 g/mol. The van der Waals surface area contributed by atoms with Crippen molar-refractivity contribution < 1.29 is 24.3 Å². The molecule has 1 aliphatic heterocycles. The molecule has 0 aliphatic carbocycles. The van der Waals surface area contributed by atoms with E-state index in [1.165, 1.54) is 12.1 Å². The number of phenolic OH excluding ortho intramolecular Hbond substituents is 1. The third-order valence-electron chi connectivity index (χ3n) is 4.03. The first kappa shape index (κ1) is 18.8. The molecule has 28 heavy (non-hydrogen) atoms. The molecule has 1 heterocycles. The van der Waals surface area contributed by atoms with Gasteiger partial charge in [-0.1, -0.05) is 29.8 Å². The average Bonchev–Trinajstić information content (AvgIpc) is 2.66. The number of imide groups is 2. The zero-order valence-corrected chi connectivity index (χ0v) is 14.7. The Kier molecular flexibility index (Phi) is 5.16. The lowest BCUT2D eigenvalue weighted by atomic mass is 10.1. The van der Waals surface area contributed by atoms with Crippen LogP contribution in [0.2, 0.25) is 0 Å². The molecule has 0 bridgehead atoms. The molecule has 1 fully saturated rings. The molecule has 5 amide bonds. The number of benzene rings is 2. The Morgan fingerprint density at radius 2 is 1.82 bits per heavy atom. The van der Waals surface area contributed by atoms with Crippen molar-refractivity contribution in [2.45, 2.75) is 6.92 Å². The van der Waals surface area contributed by atoms with E-state index in [-0.39, 0.29) is 11.3 Å². The van der Waals surface area contributed by atoms with Crippen molar-refractivity contribution in [1.82, 2.24) is 10.7 Å². The molecule has 0 spiro atoms. The molecule has 9 heteroatoms. The van der Waals surface area contributed by atoms with Gasteiger partial charge in [0.05, 0.1) is 11.3 Å². The number of carbonyl (C=O) groups is 4. The zero-order valence-electron chi connectivity index (χ0n) is 14.7. The number of barbiturate groups is 1. The highest BCUT2D eigenvalue weighted by Gasteiger charge is 2.40. The van der Waals surface area contributed by atoms with Gasteiger partial charge in [0.1, 0.15) is 5.75 Å². The molecule has 2 aromatic rings. The molecule has 142 valence electrons. The summed E-state index contributed by atoms with van der Waals surface area (Å²) < 4.78 is 0. The lowest BCUT2D eigenvalue weighted by molar-refractivity contribution is -0.131. The van der Waals surface area contributed by atoms with E-state index in [2.05, 4.69) is 15.8 Å². The number of rotatable bonds is 4. The second-order valence-electron chi connectivity index (χ2n) is 6.02. The number of aryl methyl sites for hydroxylation is 1. The maximum Gasteiger partial charge on any atom is 0.335 e. The smallest absolute Gasteiger partial charge is 0.335 e. The van der Waals surface area contributed by atoms with E-state index in [1.807, 2.05) is 6.92 Å². The molecular weight excluding hydrogens is 364 g/mol. The third-order valence-corrected chi connectivity index (χ3v) is 4.03. The number of hydrogen-bond acceptors (Lipinski definition) is 6. The fraction of sp³-hybridized carbons (Fsp3) is 0.105. The second kappa shape index (κ2) is 7.70. The molecule has 9 nitrogen and oxygen atoms in total. The average molecular weight is 380 g/mol. The van der Waals surface area contributed by atoms with Crippen LogP contribution in [-0.2, 0) is 9.59 Å². The van der Waals surface area contributed by atoms with E-state index in [0.29, 0.717) is 5.69 Å². The van der Waals surface area contributed by atoms with Crippen LogP contribution >= 0.6 is 0 Å². The maximum absolute atomic E-state index is 12.6.